The van der Waals surface area contributed by atoms with Crippen molar-refractivity contribution >= 4 is 51.8 Å². The monoisotopic (exact) mass is 602 g/mol. The van der Waals surface area contributed by atoms with E-state index >= 15 is 0 Å². The second-order valence-electron chi connectivity index (χ2n) is 8.52. The molecule has 0 amide bonds. The average molecular weight is 603 g/mol. The molecule has 0 fully saturated rings. The van der Waals surface area contributed by atoms with Gasteiger partial charge < -0.3 is 39.8 Å². The Morgan fingerprint density at radius 2 is 1.87 bits per heavy atom. The average Bonchev–Trinajstić information content (AvgIpc) is 2.94. The van der Waals surface area contributed by atoms with E-state index in [0.717, 1.165) is 21.6 Å². The fourth-order valence-corrected chi connectivity index (χ4v) is 5.39. The van der Waals surface area contributed by atoms with Crippen LogP contribution in [0.2, 0.25) is 0 Å². The number of benzene rings is 3. The standard InChI is InChI=1S/C25H34N4O6P2S.Na/c1-29(2)23-11-4-10-22-21(23)9-5-12-24(22)38-28-27-18-19-7-3-8-20(17-19)34-16-6-14-26-15-13-25(30,36-32)37(33)35-31;/h3-5,7-12,17-18,26,28,30-33,36H,6,13-16H2,1-2H3;/q;+1/p-1/b27-18+;. The van der Waals surface area contributed by atoms with Gasteiger partial charge in [-0.05, 0) is 54.7 Å². The Labute approximate surface area is 258 Å². The van der Waals surface area contributed by atoms with Crippen molar-refractivity contribution in [1.29, 1.82) is 0 Å². The van der Waals surface area contributed by atoms with Gasteiger partial charge in [-0.1, -0.05) is 36.4 Å². The van der Waals surface area contributed by atoms with Crippen LogP contribution in [-0.4, -0.2) is 60.0 Å². The number of hydrogen-bond donors (Lipinski definition) is 5. The third kappa shape index (κ3) is 10.4. The first-order chi connectivity index (χ1) is 18.4. The molecule has 10 nitrogen and oxygen atoms in total. The zero-order valence-corrected chi connectivity index (χ0v) is 26.9. The quantitative estimate of drug-likeness (QED) is 0.0292. The van der Waals surface area contributed by atoms with Crippen molar-refractivity contribution in [2.24, 2.45) is 5.10 Å². The number of fused-ring (bicyclic) bond motifs is 1. The minimum atomic E-state index is -2.63. The van der Waals surface area contributed by atoms with E-state index in [2.05, 4.69) is 55.2 Å². The summed E-state index contributed by atoms with van der Waals surface area (Å²) in [4.78, 5) is 24.9. The van der Waals surface area contributed by atoms with Crippen molar-refractivity contribution < 1.29 is 59.1 Å². The van der Waals surface area contributed by atoms with Crippen molar-refractivity contribution in [2.75, 3.05) is 38.7 Å². The Morgan fingerprint density at radius 3 is 2.62 bits per heavy atom. The molecule has 0 aliphatic heterocycles. The van der Waals surface area contributed by atoms with Gasteiger partial charge in [0.1, 0.15) is 5.75 Å². The minimum absolute atomic E-state index is 0. The number of rotatable bonds is 16. The number of nitrogens with one attached hydrogen (secondary N) is 2. The topological polar surface area (TPSA) is 142 Å². The first-order valence-corrected chi connectivity index (χ1v) is 14.9. The maximum atomic E-state index is 10.3. The van der Waals surface area contributed by atoms with Crippen LogP contribution in [0, 0.1) is 0 Å². The Kier molecular flexibility index (Phi) is 15.5. The van der Waals surface area contributed by atoms with Crippen molar-refractivity contribution in [3.05, 3.63) is 66.2 Å². The van der Waals surface area contributed by atoms with Gasteiger partial charge in [-0.25, -0.2) is 4.83 Å². The summed E-state index contributed by atoms with van der Waals surface area (Å²) in [6, 6.07) is 20.1. The molecule has 0 saturated heterocycles. The zero-order chi connectivity index (χ0) is 27.4. The fraction of sp³-hybridized carbons (Fsp3) is 0.320. The normalized spacial score (nSPS) is 13.9. The number of anilines is 1. The van der Waals surface area contributed by atoms with E-state index in [1.54, 1.807) is 6.21 Å². The van der Waals surface area contributed by atoms with Crippen LogP contribution in [0.25, 0.3) is 10.8 Å². The molecule has 0 aliphatic rings. The van der Waals surface area contributed by atoms with Crippen molar-refractivity contribution in [2.45, 2.75) is 22.8 Å². The summed E-state index contributed by atoms with van der Waals surface area (Å²) in [5, 5.41) is 28.2. The van der Waals surface area contributed by atoms with Crippen LogP contribution in [0.4, 0.5) is 5.69 Å². The van der Waals surface area contributed by atoms with Crippen molar-refractivity contribution in [3.8, 4) is 5.75 Å². The van der Waals surface area contributed by atoms with E-state index in [1.165, 1.54) is 23.0 Å². The Hall–Kier alpha value is -1.04. The minimum Gasteiger partial charge on any atom is -0.718 e. The number of nitrogens with zero attached hydrogens (tertiary/aromatic N) is 2. The van der Waals surface area contributed by atoms with Gasteiger partial charge in [0, 0.05) is 48.4 Å². The molecule has 39 heavy (non-hydrogen) atoms. The van der Waals surface area contributed by atoms with Gasteiger partial charge >= 0.3 is 29.6 Å². The second-order valence-corrected chi connectivity index (χ2v) is 12.3. The Balaban J connectivity index is 0.00000533. The predicted molar refractivity (Wildman–Crippen MR) is 155 cm³/mol. The smallest absolute Gasteiger partial charge is 0.718 e. The van der Waals surface area contributed by atoms with Crippen LogP contribution in [0.15, 0.2) is 70.7 Å². The largest absolute Gasteiger partial charge is 1.00 e. The van der Waals surface area contributed by atoms with Crippen LogP contribution in [0.5, 0.6) is 5.75 Å². The van der Waals surface area contributed by atoms with Crippen molar-refractivity contribution in [1.82, 2.24) is 10.1 Å². The summed E-state index contributed by atoms with van der Waals surface area (Å²) in [6.07, 6.45) is 2.43. The van der Waals surface area contributed by atoms with E-state index < -0.39 is 22.3 Å². The van der Waals surface area contributed by atoms with E-state index in [0.29, 0.717) is 26.1 Å². The third-order valence-corrected chi connectivity index (χ3v) is 8.86. The maximum absolute atomic E-state index is 10.3. The summed E-state index contributed by atoms with van der Waals surface area (Å²) < 4.78 is 9.35. The zero-order valence-electron chi connectivity index (χ0n) is 22.2. The molecule has 0 spiro atoms. The van der Waals surface area contributed by atoms with Gasteiger partial charge in [0.2, 0.25) is 0 Å². The molecule has 0 heterocycles. The number of hydrogen-bond acceptors (Lipinski definition) is 11. The molecule has 0 bridgehead atoms. The van der Waals surface area contributed by atoms with Gasteiger partial charge in [0.25, 0.3) is 0 Å². The predicted octanol–water partition coefficient (Wildman–Crippen LogP) is 0.117. The van der Waals surface area contributed by atoms with Gasteiger partial charge in [0.15, 0.2) is 13.5 Å². The van der Waals surface area contributed by atoms with Crippen LogP contribution in [0.3, 0.4) is 0 Å². The summed E-state index contributed by atoms with van der Waals surface area (Å²) in [6.45, 7) is 1.37. The van der Waals surface area contributed by atoms with Crippen LogP contribution < -0.4 is 54.6 Å². The van der Waals surface area contributed by atoms with Crippen LogP contribution in [0.1, 0.15) is 18.4 Å². The van der Waals surface area contributed by atoms with E-state index in [-0.39, 0.29) is 36.0 Å². The number of aliphatic hydroxyl groups is 1. The number of ether oxygens (including phenoxy) is 1. The molecule has 0 aliphatic carbocycles. The molecular formula is C25H33N4NaO6P2S. The molecule has 3 atom stereocenters. The van der Waals surface area contributed by atoms with E-state index in [9.17, 15) is 20.2 Å². The molecule has 0 saturated carbocycles. The summed E-state index contributed by atoms with van der Waals surface area (Å²) >= 11 is 1.45. The molecule has 14 heteroatoms. The molecule has 0 aromatic heterocycles. The molecule has 3 unspecified atom stereocenters. The first-order valence-electron chi connectivity index (χ1n) is 11.9. The first kappa shape index (κ1) is 34.2. The van der Waals surface area contributed by atoms with E-state index in [4.69, 9.17) is 4.74 Å². The Morgan fingerprint density at radius 1 is 1.13 bits per heavy atom. The molecule has 0 radical (unpaired) electrons. The SMILES string of the molecule is CN(C)c1cccc2c(SN/N=C/c3cccc(OCCCNCCC(O)(PO)P(O)O[O-])c3)cccc12.[Na+]. The van der Waals surface area contributed by atoms with Gasteiger partial charge in [0.05, 0.1) is 21.6 Å². The van der Waals surface area contributed by atoms with Gasteiger partial charge in [-0.2, -0.15) is 5.10 Å². The van der Waals surface area contributed by atoms with Gasteiger partial charge in [-0.15, -0.1) is 0 Å². The van der Waals surface area contributed by atoms with E-state index in [1.807, 2.05) is 44.4 Å². The molecule has 5 N–H and O–H groups in total. The third-order valence-electron chi connectivity index (χ3n) is 5.60. The molecule has 3 aromatic rings. The number of hydrazone groups is 1. The molecular weight excluding hydrogens is 569 g/mol. The van der Waals surface area contributed by atoms with Crippen LogP contribution in [-0.2, 0) is 4.67 Å². The molecule has 3 rings (SSSR count). The second kappa shape index (κ2) is 17.7. The van der Waals surface area contributed by atoms with Crippen LogP contribution >= 0.6 is 29.1 Å². The fourth-order valence-electron chi connectivity index (χ4n) is 3.64. The summed E-state index contributed by atoms with van der Waals surface area (Å²) in [5.41, 5.74) is 2.06. The molecule has 3 aromatic carbocycles. The molecule has 206 valence electrons. The van der Waals surface area contributed by atoms with Crippen molar-refractivity contribution in [3.63, 3.8) is 0 Å². The summed E-state index contributed by atoms with van der Waals surface area (Å²) in [5.74, 6) is 0.723. The maximum Gasteiger partial charge on any atom is 1.00 e. The Bertz CT molecular complexity index is 1200. The van der Waals surface area contributed by atoms with Gasteiger partial charge in [-0.3, -0.25) is 0 Å². The summed E-state index contributed by atoms with van der Waals surface area (Å²) in [7, 11) is 0.435.